The highest BCUT2D eigenvalue weighted by molar-refractivity contribution is 5.80. The molecule has 5 nitrogen and oxygen atoms in total. The Labute approximate surface area is 159 Å². The monoisotopic (exact) mass is 360 g/mol. The van der Waals surface area contributed by atoms with Gasteiger partial charge in [-0.3, -0.25) is 4.99 Å². The highest BCUT2D eigenvalue weighted by atomic mass is 16.5. The van der Waals surface area contributed by atoms with Crippen LogP contribution in [0, 0.1) is 0 Å². The molecule has 5 heteroatoms. The van der Waals surface area contributed by atoms with E-state index in [1.165, 1.54) is 18.4 Å². The molecule has 1 saturated heterocycles. The lowest BCUT2D eigenvalue weighted by Crippen LogP contribution is -2.51. The van der Waals surface area contributed by atoms with Gasteiger partial charge in [0.1, 0.15) is 5.75 Å². The first-order chi connectivity index (χ1) is 12.4. The molecule has 146 valence electrons. The Morgan fingerprint density at radius 2 is 1.85 bits per heavy atom. The van der Waals surface area contributed by atoms with E-state index in [4.69, 9.17) is 4.74 Å². The topological polar surface area (TPSA) is 48.9 Å². The van der Waals surface area contributed by atoms with Crippen LogP contribution in [-0.4, -0.2) is 56.7 Å². The largest absolute Gasteiger partial charge is 0.497 e. The maximum atomic E-state index is 5.26. The lowest BCUT2D eigenvalue weighted by atomic mass is 9.84. The molecule has 1 aromatic rings. The Kier molecular flexibility index (Phi) is 7.33. The van der Waals surface area contributed by atoms with Crippen LogP contribution in [-0.2, 0) is 5.41 Å². The van der Waals surface area contributed by atoms with Crippen molar-refractivity contribution in [1.82, 2.24) is 15.5 Å². The second kappa shape index (κ2) is 9.26. The van der Waals surface area contributed by atoms with Gasteiger partial charge in [-0.2, -0.15) is 0 Å². The van der Waals surface area contributed by atoms with Gasteiger partial charge < -0.3 is 20.3 Å². The van der Waals surface area contributed by atoms with Crippen LogP contribution in [0.15, 0.2) is 29.3 Å². The van der Waals surface area contributed by atoms with Gasteiger partial charge >= 0.3 is 0 Å². The summed E-state index contributed by atoms with van der Waals surface area (Å²) in [5, 5.41) is 7.11. The number of hydrogen-bond donors (Lipinski definition) is 2. The van der Waals surface area contributed by atoms with Crippen LogP contribution in [0.2, 0.25) is 0 Å². The van der Waals surface area contributed by atoms with Crippen LogP contribution >= 0.6 is 0 Å². The number of benzene rings is 1. The van der Waals surface area contributed by atoms with Crippen molar-refractivity contribution in [2.24, 2.45) is 4.99 Å². The van der Waals surface area contributed by atoms with Crippen LogP contribution in [0.5, 0.6) is 5.75 Å². The predicted octanol–water partition coefficient (Wildman–Crippen LogP) is 3.01. The summed E-state index contributed by atoms with van der Waals surface area (Å²) in [7, 11) is 3.54. The van der Waals surface area contributed by atoms with Crippen molar-refractivity contribution < 1.29 is 4.74 Å². The predicted molar refractivity (Wildman–Crippen MR) is 110 cm³/mol. The lowest BCUT2D eigenvalue weighted by molar-refractivity contribution is 0.167. The van der Waals surface area contributed by atoms with Gasteiger partial charge in [0.15, 0.2) is 5.96 Å². The van der Waals surface area contributed by atoms with E-state index in [0.29, 0.717) is 12.1 Å². The maximum Gasteiger partial charge on any atom is 0.191 e. The molecule has 0 saturated carbocycles. The summed E-state index contributed by atoms with van der Waals surface area (Å²) in [6.07, 6.45) is 2.33. The van der Waals surface area contributed by atoms with E-state index in [1.807, 2.05) is 19.2 Å². The Morgan fingerprint density at radius 1 is 1.23 bits per heavy atom. The van der Waals surface area contributed by atoms with Crippen molar-refractivity contribution in [3.05, 3.63) is 29.8 Å². The van der Waals surface area contributed by atoms with Crippen LogP contribution in [0.1, 0.15) is 46.1 Å². The summed E-state index contributed by atoms with van der Waals surface area (Å²) in [4.78, 5) is 6.96. The Morgan fingerprint density at radius 3 is 2.35 bits per heavy atom. The van der Waals surface area contributed by atoms with Crippen molar-refractivity contribution in [2.45, 2.75) is 58.0 Å². The van der Waals surface area contributed by atoms with Crippen molar-refractivity contribution in [3.8, 4) is 5.75 Å². The first-order valence-corrected chi connectivity index (χ1v) is 9.71. The number of piperidine rings is 1. The number of ether oxygens (including phenoxy) is 1. The van der Waals surface area contributed by atoms with E-state index in [1.54, 1.807) is 7.11 Å². The third-order valence-corrected chi connectivity index (χ3v) is 5.39. The number of likely N-dealkylation sites (tertiary alicyclic amines) is 1. The van der Waals surface area contributed by atoms with Crippen molar-refractivity contribution in [3.63, 3.8) is 0 Å². The van der Waals surface area contributed by atoms with Gasteiger partial charge in [0.05, 0.1) is 7.11 Å². The van der Waals surface area contributed by atoms with Crippen molar-refractivity contribution >= 4 is 5.96 Å². The molecule has 0 bridgehead atoms. The molecule has 0 aliphatic carbocycles. The number of rotatable bonds is 6. The van der Waals surface area contributed by atoms with Crippen LogP contribution in [0.4, 0.5) is 0 Å². The molecular formula is C21H36N4O. The molecule has 0 radical (unpaired) electrons. The first-order valence-electron chi connectivity index (χ1n) is 9.71. The molecular weight excluding hydrogens is 324 g/mol. The number of guanidine groups is 1. The summed E-state index contributed by atoms with van der Waals surface area (Å²) in [5.74, 6) is 1.79. The summed E-state index contributed by atoms with van der Waals surface area (Å²) in [6, 6.07) is 9.45. The molecule has 1 aliphatic rings. The van der Waals surface area contributed by atoms with E-state index in [0.717, 1.165) is 31.3 Å². The minimum Gasteiger partial charge on any atom is -0.497 e. The fraction of sp³-hybridized carbons (Fsp3) is 0.667. The standard InChI is InChI=1S/C21H36N4O/c1-16(2)25-13-11-18(12-14-25)24-20(22-5)23-15-21(3,4)17-7-9-19(26-6)10-8-17/h7-10,16,18H,11-15H2,1-6H3,(H2,22,23,24). The molecule has 0 unspecified atom stereocenters. The number of aliphatic imine (C=N–C) groups is 1. The lowest BCUT2D eigenvalue weighted by Gasteiger charge is -2.35. The number of methoxy groups -OCH3 is 1. The van der Waals surface area contributed by atoms with Gasteiger partial charge in [-0.15, -0.1) is 0 Å². The molecule has 0 atom stereocenters. The zero-order valence-electron chi connectivity index (χ0n) is 17.3. The molecule has 0 aromatic heterocycles. The Balaban J connectivity index is 1.85. The zero-order valence-corrected chi connectivity index (χ0v) is 17.3. The molecule has 0 spiro atoms. The zero-order chi connectivity index (χ0) is 19.2. The fourth-order valence-electron chi connectivity index (χ4n) is 3.40. The Bertz CT molecular complexity index is 572. The smallest absolute Gasteiger partial charge is 0.191 e. The quantitative estimate of drug-likeness (QED) is 0.605. The minimum absolute atomic E-state index is 0.00486. The maximum absolute atomic E-state index is 5.26. The highest BCUT2D eigenvalue weighted by Crippen LogP contribution is 2.24. The normalized spacial score (nSPS) is 17.4. The van der Waals surface area contributed by atoms with Gasteiger partial charge in [0, 0.05) is 44.2 Å². The van der Waals surface area contributed by atoms with Gasteiger partial charge in [-0.25, -0.2) is 0 Å². The van der Waals surface area contributed by atoms with Crippen LogP contribution < -0.4 is 15.4 Å². The fourth-order valence-corrected chi connectivity index (χ4v) is 3.40. The molecule has 1 aromatic carbocycles. The number of nitrogens with zero attached hydrogens (tertiary/aromatic N) is 2. The SMILES string of the molecule is CN=C(NCC(C)(C)c1ccc(OC)cc1)NC1CCN(C(C)C)CC1. The average Bonchev–Trinajstić information content (AvgIpc) is 2.65. The molecule has 1 fully saturated rings. The van der Waals surface area contributed by atoms with E-state index in [-0.39, 0.29) is 5.41 Å². The summed E-state index contributed by atoms with van der Waals surface area (Å²) >= 11 is 0. The van der Waals surface area contributed by atoms with E-state index in [9.17, 15) is 0 Å². The molecule has 1 heterocycles. The first kappa shape index (κ1) is 20.6. The second-order valence-corrected chi connectivity index (χ2v) is 8.09. The van der Waals surface area contributed by atoms with Gasteiger partial charge in [-0.1, -0.05) is 26.0 Å². The van der Waals surface area contributed by atoms with Crippen molar-refractivity contribution in [1.29, 1.82) is 0 Å². The van der Waals surface area contributed by atoms with Crippen molar-refractivity contribution in [2.75, 3.05) is 33.8 Å². The summed E-state index contributed by atoms with van der Waals surface area (Å²) < 4.78 is 5.26. The molecule has 2 rings (SSSR count). The molecule has 26 heavy (non-hydrogen) atoms. The number of nitrogens with one attached hydrogen (secondary N) is 2. The van der Waals surface area contributed by atoms with Crippen LogP contribution in [0.3, 0.4) is 0 Å². The average molecular weight is 361 g/mol. The summed E-state index contributed by atoms with van der Waals surface area (Å²) in [5.41, 5.74) is 1.29. The molecule has 0 amide bonds. The van der Waals surface area contributed by atoms with Gasteiger partial charge in [0.25, 0.3) is 0 Å². The summed E-state index contributed by atoms with van der Waals surface area (Å²) in [6.45, 7) is 12.2. The van der Waals surface area contributed by atoms with E-state index >= 15 is 0 Å². The molecule has 2 N–H and O–H groups in total. The number of hydrogen-bond acceptors (Lipinski definition) is 3. The van der Waals surface area contributed by atoms with E-state index < -0.39 is 0 Å². The van der Waals surface area contributed by atoms with E-state index in [2.05, 4.69) is 60.4 Å². The third-order valence-electron chi connectivity index (χ3n) is 5.39. The van der Waals surface area contributed by atoms with Crippen LogP contribution in [0.25, 0.3) is 0 Å². The molecule has 1 aliphatic heterocycles. The van der Waals surface area contributed by atoms with Gasteiger partial charge in [-0.05, 0) is 44.4 Å². The highest BCUT2D eigenvalue weighted by Gasteiger charge is 2.24. The second-order valence-electron chi connectivity index (χ2n) is 8.09. The third kappa shape index (κ3) is 5.63. The van der Waals surface area contributed by atoms with Gasteiger partial charge in [0.2, 0.25) is 0 Å². The minimum atomic E-state index is 0.00486. The Hall–Kier alpha value is -1.75.